The van der Waals surface area contributed by atoms with Crippen molar-refractivity contribution in [3.8, 4) is 17.3 Å². The standard InChI is InChI=1S/C12H10F3N3O4/c1-21-11(19)6-22-10-4-9(18(20)17-10)8-3-2-7(5-16-8)12(13,14)15/h2-5,20H,6H2,1H3. The van der Waals surface area contributed by atoms with E-state index in [1.807, 2.05) is 0 Å². The summed E-state index contributed by atoms with van der Waals surface area (Å²) < 4.78 is 46.6. The van der Waals surface area contributed by atoms with Gasteiger partial charge in [-0.1, -0.05) is 9.94 Å². The Labute approximate surface area is 121 Å². The average molecular weight is 317 g/mol. The van der Waals surface area contributed by atoms with Crippen molar-refractivity contribution < 1.29 is 32.6 Å². The van der Waals surface area contributed by atoms with Crippen molar-refractivity contribution in [2.45, 2.75) is 6.18 Å². The van der Waals surface area contributed by atoms with E-state index in [9.17, 15) is 23.2 Å². The molecule has 2 heterocycles. The third-order valence-electron chi connectivity index (χ3n) is 2.59. The van der Waals surface area contributed by atoms with Crippen molar-refractivity contribution >= 4 is 5.97 Å². The molecule has 1 N–H and O–H groups in total. The molecule has 0 aromatic carbocycles. The van der Waals surface area contributed by atoms with E-state index in [0.29, 0.717) is 11.0 Å². The summed E-state index contributed by atoms with van der Waals surface area (Å²) in [5.41, 5.74) is -0.855. The van der Waals surface area contributed by atoms with Crippen LogP contribution >= 0.6 is 0 Å². The maximum atomic E-state index is 12.4. The van der Waals surface area contributed by atoms with Gasteiger partial charge in [0.1, 0.15) is 5.69 Å². The van der Waals surface area contributed by atoms with E-state index in [1.165, 1.54) is 13.2 Å². The molecule has 0 spiro atoms. The number of pyridine rings is 1. The Morgan fingerprint density at radius 2 is 2.14 bits per heavy atom. The predicted octanol–water partition coefficient (Wildman–Crippen LogP) is 1.75. The van der Waals surface area contributed by atoms with Crippen molar-refractivity contribution in [3.05, 3.63) is 30.0 Å². The minimum absolute atomic E-state index is 0.00795. The highest BCUT2D eigenvalue weighted by molar-refractivity contribution is 5.70. The second-order valence-electron chi connectivity index (χ2n) is 4.05. The van der Waals surface area contributed by atoms with Crippen LogP contribution in [0, 0.1) is 0 Å². The van der Waals surface area contributed by atoms with E-state index in [4.69, 9.17) is 4.74 Å². The molecule has 7 nitrogen and oxygen atoms in total. The summed E-state index contributed by atoms with van der Waals surface area (Å²) in [5, 5.41) is 13.1. The summed E-state index contributed by atoms with van der Waals surface area (Å²) >= 11 is 0. The van der Waals surface area contributed by atoms with Crippen LogP contribution in [0.1, 0.15) is 5.56 Å². The van der Waals surface area contributed by atoms with Gasteiger partial charge in [0.25, 0.3) is 0 Å². The molecule has 0 amide bonds. The van der Waals surface area contributed by atoms with Crippen LogP contribution < -0.4 is 4.74 Å². The highest BCUT2D eigenvalue weighted by Crippen LogP contribution is 2.30. The maximum Gasteiger partial charge on any atom is 0.417 e. The lowest BCUT2D eigenvalue weighted by atomic mass is 10.2. The van der Waals surface area contributed by atoms with Crippen molar-refractivity contribution in [2.24, 2.45) is 0 Å². The Kier molecular flexibility index (Phi) is 4.20. The summed E-state index contributed by atoms with van der Waals surface area (Å²) in [7, 11) is 1.17. The van der Waals surface area contributed by atoms with Gasteiger partial charge in [0.05, 0.1) is 18.4 Å². The molecule has 2 rings (SSSR count). The van der Waals surface area contributed by atoms with E-state index < -0.39 is 24.3 Å². The number of rotatable bonds is 4. The first-order chi connectivity index (χ1) is 10.3. The molecule has 0 saturated heterocycles. The highest BCUT2D eigenvalue weighted by Gasteiger charge is 2.30. The fraction of sp³-hybridized carbons (Fsp3) is 0.250. The van der Waals surface area contributed by atoms with Gasteiger partial charge < -0.3 is 14.7 Å². The first-order valence-corrected chi connectivity index (χ1v) is 5.84. The van der Waals surface area contributed by atoms with Gasteiger partial charge >= 0.3 is 12.1 Å². The van der Waals surface area contributed by atoms with Crippen LogP contribution in [-0.4, -0.2) is 39.8 Å². The third-order valence-corrected chi connectivity index (χ3v) is 2.59. The fourth-order valence-electron chi connectivity index (χ4n) is 1.50. The summed E-state index contributed by atoms with van der Waals surface area (Å²) in [6.45, 7) is -0.423. The quantitative estimate of drug-likeness (QED) is 0.683. The third kappa shape index (κ3) is 3.45. The summed E-state index contributed by atoms with van der Waals surface area (Å²) in [6, 6.07) is 3.12. The van der Waals surface area contributed by atoms with E-state index in [-0.39, 0.29) is 17.3 Å². The molecule has 22 heavy (non-hydrogen) atoms. The Bertz CT molecular complexity index is 667. The number of hydrogen-bond donors (Lipinski definition) is 1. The first kappa shape index (κ1) is 15.6. The molecule has 0 fully saturated rings. The van der Waals surface area contributed by atoms with Crippen molar-refractivity contribution in [2.75, 3.05) is 13.7 Å². The molecule has 0 radical (unpaired) electrons. The second kappa shape index (κ2) is 5.92. The Morgan fingerprint density at radius 1 is 1.41 bits per heavy atom. The molecule has 10 heteroatoms. The van der Waals surface area contributed by atoms with E-state index in [0.717, 1.165) is 12.1 Å². The monoisotopic (exact) mass is 317 g/mol. The first-order valence-electron chi connectivity index (χ1n) is 5.84. The number of esters is 1. The van der Waals surface area contributed by atoms with Crippen LogP contribution in [0.15, 0.2) is 24.4 Å². The normalized spacial score (nSPS) is 11.3. The Balaban J connectivity index is 2.19. The molecular formula is C12H10F3N3O4. The molecule has 0 bridgehead atoms. The average Bonchev–Trinajstić information content (AvgIpc) is 2.85. The van der Waals surface area contributed by atoms with Crippen LogP contribution in [0.4, 0.5) is 13.2 Å². The topological polar surface area (TPSA) is 86.5 Å². The number of carbonyl (C=O) groups is 1. The Hall–Kier alpha value is -2.78. The predicted molar refractivity (Wildman–Crippen MR) is 65.2 cm³/mol. The second-order valence-corrected chi connectivity index (χ2v) is 4.05. The number of ether oxygens (including phenoxy) is 2. The summed E-state index contributed by atoms with van der Waals surface area (Å²) in [5.74, 6) is -0.758. The highest BCUT2D eigenvalue weighted by atomic mass is 19.4. The van der Waals surface area contributed by atoms with Crippen molar-refractivity contribution in [3.63, 3.8) is 0 Å². The van der Waals surface area contributed by atoms with E-state index in [2.05, 4.69) is 14.8 Å². The molecule has 0 aliphatic heterocycles. The lowest BCUT2D eigenvalue weighted by Gasteiger charge is -2.06. The van der Waals surface area contributed by atoms with Gasteiger partial charge in [-0.15, -0.1) is 0 Å². The van der Waals surface area contributed by atoms with E-state index >= 15 is 0 Å². The molecule has 0 atom stereocenters. The van der Waals surface area contributed by atoms with Gasteiger partial charge in [-0.25, -0.2) is 4.79 Å². The van der Waals surface area contributed by atoms with Gasteiger partial charge in [0.15, 0.2) is 6.61 Å². The van der Waals surface area contributed by atoms with Crippen LogP contribution in [0.3, 0.4) is 0 Å². The van der Waals surface area contributed by atoms with Crippen LogP contribution in [0.25, 0.3) is 11.4 Å². The molecule has 0 saturated carbocycles. The molecule has 118 valence electrons. The number of methoxy groups -OCH3 is 1. The van der Waals surface area contributed by atoms with Crippen molar-refractivity contribution in [1.82, 2.24) is 14.9 Å². The minimum Gasteiger partial charge on any atom is -0.466 e. The van der Waals surface area contributed by atoms with Crippen LogP contribution in [0.2, 0.25) is 0 Å². The summed E-state index contributed by atoms with van der Waals surface area (Å²) in [6.07, 6.45) is -3.86. The van der Waals surface area contributed by atoms with Crippen LogP contribution in [-0.2, 0) is 15.7 Å². The molecule has 0 aliphatic carbocycles. The zero-order chi connectivity index (χ0) is 16.3. The number of nitrogens with zero attached hydrogens (tertiary/aromatic N) is 3. The maximum absolute atomic E-state index is 12.4. The Morgan fingerprint density at radius 3 is 2.68 bits per heavy atom. The zero-order valence-electron chi connectivity index (χ0n) is 11.2. The van der Waals surface area contributed by atoms with E-state index in [1.54, 1.807) is 0 Å². The van der Waals surface area contributed by atoms with Crippen LogP contribution in [0.5, 0.6) is 5.88 Å². The largest absolute Gasteiger partial charge is 0.466 e. The fourth-order valence-corrected chi connectivity index (χ4v) is 1.50. The number of hydrogen-bond acceptors (Lipinski definition) is 6. The van der Waals surface area contributed by atoms with Gasteiger partial charge in [0.2, 0.25) is 5.88 Å². The molecular weight excluding hydrogens is 307 g/mol. The number of halogens is 3. The number of alkyl halides is 3. The van der Waals surface area contributed by atoms with Gasteiger partial charge in [0, 0.05) is 12.3 Å². The minimum atomic E-state index is -4.50. The summed E-state index contributed by atoms with van der Waals surface area (Å²) in [4.78, 5) is 14.9. The van der Waals surface area contributed by atoms with Crippen molar-refractivity contribution in [1.29, 1.82) is 0 Å². The van der Waals surface area contributed by atoms with Gasteiger partial charge in [-0.3, -0.25) is 4.98 Å². The smallest absolute Gasteiger partial charge is 0.417 e. The number of carbonyl (C=O) groups excluding carboxylic acids is 1. The van der Waals surface area contributed by atoms with Gasteiger partial charge in [-0.2, -0.15) is 13.2 Å². The van der Waals surface area contributed by atoms with Gasteiger partial charge in [-0.05, 0) is 12.1 Å². The lowest BCUT2D eigenvalue weighted by molar-refractivity contribution is -0.143. The molecule has 0 aliphatic rings. The molecule has 2 aromatic rings. The molecule has 2 aromatic heterocycles. The SMILES string of the molecule is COC(=O)COc1cc(-c2ccc(C(F)(F)F)cn2)n(O)n1. The zero-order valence-corrected chi connectivity index (χ0v) is 11.2. The lowest BCUT2D eigenvalue weighted by Crippen LogP contribution is -2.12. The number of aromatic nitrogens is 3. The molecule has 0 unspecified atom stereocenters.